The van der Waals surface area contributed by atoms with E-state index in [1.807, 2.05) is 6.07 Å². The van der Waals surface area contributed by atoms with Crippen LogP contribution in [-0.2, 0) is 6.42 Å². The lowest BCUT2D eigenvalue weighted by atomic mass is 9.97. The molecule has 1 fully saturated rings. The molecule has 19 heavy (non-hydrogen) atoms. The molecule has 0 aliphatic heterocycles. The molecule has 0 saturated heterocycles. The molecule has 0 amide bonds. The van der Waals surface area contributed by atoms with Crippen LogP contribution in [0.3, 0.4) is 0 Å². The van der Waals surface area contributed by atoms with Gasteiger partial charge >= 0.3 is 0 Å². The summed E-state index contributed by atoms with van der Waals surface area (Å²) in [6.45, 7) is 0. The van der Waals surface area contributed by atoms with Crippen molar-refractivity contribution in [2.24, 2.45) is 5.92 Å². The molecular formula is C15H17FN2O. The number of benzene rings is 1. The van der Waals surface area contributed by atoms with E-state index in [2.05, 4.69) is 5.16 Å². The molecule has 1 aromatic carbocycles. The second-order valence-electron chi connectivity index (χ2n) is 5.23. The maximum Gasteiger partial charge on any atom is 0.175 e. The van der Waals surface area contributed by atoms with Crippen molar-refractivity contribution in [3.05, 3.63) is 35.8 Å². The summed E-state index contributed by atoms with van der Waals surface area (Å²) in [7, 11) is 0. The summed E-state index contributed by atoms with van der Waals surface area (Å²) in [5, 5.41) is 3.85. The van der Waals surface area contributed by atoms with Crippen molar-refractivity contribution >= 4 is 5.82 Å². The fourth-order valence-electron chi connectivity index (χ4n) is 2.91. The van der Waals surface area contributed by atoms with Crippen LogP contribution in [-0.4, -0.2) is 5.16 Å². The molecule has 0 bridgehead atoms. The Morgan fingerprint density at radius 3 is 2.84 bits per heavy atom. The highest BCUT2D eigenvalue weighted by molar-refractivity contribution is 5.75. The molecule has 0 radical (unpaired) electrons. The molecule has 4 heteroatoms. The van der Waals surface area contributed by atoms with Gasteiger partial charge in [-0.25, -0.2) is 4.39 Å². The maximum atomic E-state index is 13.3. The smallest absolute Gasteiger partial charge is 0.175 e. The van der Waals surface area contributed by atoms with Gasteiger partial charge in [0.25, 0.3) is 0 Å². The number of hydrogen-bond donors (Lipinski definition) is 1. The van der Waals surface area contributed by atoms with Gasteiger partial charge in [-0.1, -0.05) is 43.0 Å². The number of nitrogens with two attached hydrogens (primary N) is 1. The Morgan fingerprint density at radius 2 is 2.11 bits per heavy atom. The summed E-state index contributed by atoms with van der Waals surface area (Å²) in [5.74, 6) is 1.50. The molecule has 0 atom stereocenters. The van der Waals surface area contributed by atoms with E-state index in [-0.39, 0.29) is 5.82 Å². The lowest BCUT2D eigenvalue weighted by Crippen LogP contribution is -1.99. The van der Waals surface area contributed by atoms with Crippen molar-refractivity contribution in [1.82, 2.24) is 5.16 Å². The van der Waals surface area contributed by atoms with Crippen molar-refractivity contribution in [3.8, 4) is 11.1 Å². The standard InChI is InChI=1S/C15H17FN2O/c16-12-7-3-6-11(9-12)14-13(19-18-15(14)17)8-10-4-1-2-5-10/h3,6-7,9-10H,1-2,4-5,8H2,(H2,17,18). The van der Waals surface area contributed by atoms with Gasteiger partial charge < -0.3 is 10.3 Å². The molecule has 2 aromatic rings. The monoisotopic (exact) mass is 260 g/mol. The average molecular weight is 260 g/mol. The molecule has 0 unspecified atom stereocenters. The van der Waals surface area contributed by atoms with Gasteiger partial charge in [0, 0.05) is 6.42 Å². The van der Waals surface area contributed by atoms with Gasteiger partial charge in [-0.3, -0.25) is 0 Å². The van der Waals surface area contributed by atoms with Crippen LogP contribution in [0.2, 0.25) is 0 Å². The third kappa shape index (κ3) is 2.48. The molecule has 3 rings (SSSR count). The number of rotatable bonds is 3. The minimum absolute atomic E-state index is 0.273. The van der Waals surface area contributed by atoms with E-state index in [0.29, 0.717) is 11.7 Å². The number of hydrogen-bond acceptors (Lipinski definition) is 3. The summed E-state index contributed by atoms with van der Waals surface area (Å²) < 4.78 is 18.7. The van der Waals surface area contributed by atoms with Crippen molar-refractivity contribution in [1.29, 1.82) is 0 Å². The largest absolute Gasteiger partial charge is 0.380 e. The van der Waals surface area contributed by atoms with Gasteiger partial charge in [0.15, 0.2) is 5.82 Å². The van der Waals surface area contributed by atoms with Crippen molar-refractivity contribution < 1.29 is 8.91 Å². The molecule has 1 aromatic heterocycles. The summed E-state index contributed by atoms with van der Waals surface area (Å²) in [6, 6.07) is 6.41. The minimum Gasteiger partial charge on any atom is -0.380 e. The van der Waals surface area contributed by atoms with Crippen LogP contribution in [0, 0.1) is 11.7 Å². The zero-order chi connectivity index (χ0) is 13.2. The molecular weight excluding hydrogens is 243 g/mol. The van der Waals surface area contributed by atoms with E-state index >= 15 is 0 Å². The van der Waals surface area contributed by atoms with Crippen LogP contribution < -0.4 is 5.73 Å². The summed E-state index contributed by atoms with van der Waals surface area (Å²) in [5.41, 5.74) is 7.37. The maximum absolute atomic E-state index is 13.3. The van der Waals surface area contributed by atoms with E-state index in [0.717, 1.165) is 23.3 Å². The molecule has 2 N–H and O–H groups in total. The molecule has 100 valence electrons. The second-order valence-corrected chi connectivity index (χ2v) is 5.23. The zero-order valence-electron chi connectivity index (χ0n) is 10.7. The Kier molecular flexibility index (Phi) is 3.23. The summed E-state index contributed by atoms with van der Waals surface area (Å²) >= 11 is 0. The zero-order valence-corrected chi connectivity index (χ0v) is 10.7. The molecule has 3 nitrogen and oxygen atoms in total. The van der Waals surface area contributed by atoms with E-state index in [1.165, 1.54) is 37.8 Å². The Labute approximate surface area is 111 Å². The van der Waals surface area contributed by atoms with E-state index in [1.54, 1.807) is 6.07 Å². The second kappa shape index (κ2) is 5.03. The first-order chi connectivity index (χ1) is 9.24. The number of anilines is 1. The number of nitrogen functional groups attached to an aromatic ring is 1. The minimum atomic E-state index is -0.273. The van der Waals surface area contributed by atoms with Gasteiger partial charge in [0.05, 0.1) is 5.56 Å². The van der Waals surface area contributed by atoms with Gasteiger partial charge in [-0.05, 0) is 23.6 Å². The Morgan fingerprint density at radius 1 is 1.32 bits per heavy atom. The lowest BCUT2D eigenvalue weighted by Gasteiger charge is -2.07. The van der Waals surface area contributed by atoms with Crippen LogP contribution in [0.25, 0.3) is 11.1 Å². The highest BCUT2D eigenvalue weighted by Crippen LogP contribution is 2.35. The predicted molar refractivity (Wildman–Crippen MR) is 72.0 cm³/mol. The summed E-state index contributed by atoms with van der Waals surface area (Å²) in [6.07, 6.45) is 5.86. The summed E-state index contributed by atoms with van der Waals surface area (Å²) in [4.78, 5) is 0. The van der Waals surface area contributed by atoms with Gasteiger partial charge in [0.2, 0.25) is 0 Å². The van der Waals surface area contributed by atoms with E-state index in [4.69, 9.17) is 10.3 Å². The highest BCUT2D eigenvalue weighted by atomic mass is 19.1. The third-order valence-electron chi connectivity index (χ3n) is 3.85. The molecule has 1 heterocycles. The van der Waals surface area contributed by atoms with Gasteiger partial charge in [0.1, 0.15) is 11.6 Å². The van der Waals surface area contributed by atoms with Crippen LogP contribution in [0.15, 0.2) is 28.8 Å². The average Bonchev–Trinajstić information content (AvgIpc) is 3.00. The van der Waals surface area contributed by atoms with Crippen LogP contribution in [0.1, 0.15) is 31.4 Å². The van der Waals surface area contributed by atoms with Crippen molar-refractivity contribution in [3.63, 3.8) is 0 Å². The SMILES string of the molecule is Nc1noc(CC2CCCC2)c1-c1cccc(F)c1. The fraction of sp³-hybridized carbons (Fsp3) is 0.400. The number of nitrogens with zero attached hydrogens (tertiary/aromatic N) is 1. The first-order valence-corrected chi connectivity index (χ1v) is 6.74. The lowest BCUT2D eigenvalue weighted by molar-refractivity contribution is 0.362. The number of aromatic nitrogens is 1. The van der Waals surface area contributed by atoms with Crippen molar-refractivity contribution in [2.45, 2.75) is 32.1 Å². The van der Waals surface area contributed by atoms with Crippen LogP contribution in [0.5, 0.6) is 0 Å². The first-order valence-electron chi connectivity index (χ1n) is 6.74. The third-order valence-corrected chi connectivity index (χ3v) is 3.85. The van der Waals surface area contributed by atoms with E-state index in [9.17, 15) is 4.39 Å². The Balaban J connectivity index is 1.93. The quantitative estimate of drug-likeness (QED) is 0.913. The predicted octanol–water partition coefficient (Wildman–Crippen LogP) is 3.80. The van der Waals surface area contributed by atoms with Gasteiger partial charge in [-0.2, -0.15) is 0 Å². The van der Waals surface area contributed by atoms with Gasteiger partial charge in [-0.15, -0.1) is 0 Å². The Bertz CT molecular complexity index is 573. The van der Waals surface area contributed by atoms with Crippen LogP contribution in [0.4, 0.5) is 10.2 Å². The van der Waals surface area contributed by atoms with Crippen LogP contribution >= 0.6 is 0 Å². The molecule has 1 aliphatic carbocycles. The topological polar surface area (TPSA) is 52.0 Å². The fourth-order valence-corrected chi connectivity index (χ4v) is 2.91. The Hall–Kier alpha value is -1.84. The molecule has 0 spiro atoms. The first kappa shape index (κ1) is 12.2. The normalized spacial score (nSPS) is 16.1. The van der Waals surface area contributed by atoms with E-state index < -0.39 is 0 Å². The number of halogens is 1. The molecule has 1 aliphatic rings. The highest BCUT2D eigenvalue weighted by Gasteiger charge is 2.22. The van der Waals surface area contributed by atoms with Crippen molar-refractivity contribution in [2.75, 3.05) is 5.73 Å². The molecule has 1 saturated carbocycles.